The van der Waals surface area contributed by atoms with E-state index in [0.717, 1.165) is 28.5 Å². The van der Waals surface area contributed by atoms with E-state index in [2.05, 4.69) is 15.5 Å². The van der Waals surface area contributed by atoms with Crippen molar-refractivity contribution in [2.24, 2.45) is 5.16 Å². The van der Waals surface area contributed by atoms with Crippen LogP contribution in [0.2, 0.25) is 0 Å². The number of aryl methyl sites for hydroxylation is 2. The first kappa shape index (κ1) is 16.7. The lowest BCUT2D eigenvalue weighted by Gasteiger charge is -2.08. The van der Waals surface area contributed by atoms with Crippen LogP contribution in [0, 0.1) is 25.2 Å². The van der Waals surface area contributed by atoms with Crippen LogP contribution in [-0.4, -0.2) is 20.4 Å². The molecule has 1 aromatic carbocycles. The zero-order chi connectivity index (χ0) is 17.0. The molecule has 2 rings (SSSR count). The lowest BCUT2D eigenvalue weighted by molar-refractivity contribution is 0.344. The van der Waals surface area contributed by atoms with Crippen molar-refractivity contribution in [1.29, 1.82) is 5.26 Å². The second-order valence-corrected chi connectivity index (χ2v) is 6.76. The molecule has 0 unspecified atom stereocenters. The van der Waals surface area contributed by atoms with Crippen LogP contribution in [0.3, 0.4) is 0 Å². The lowest BCUT2D eigenvalue weighted by Crippen LogP contribution is -2.02. The molecule has 1 aliphatic carbocycles. The summed E-state index contributed by atoms with van der Waals surface area (Å²) < 4.78 is 26.2. The topological polar surface area (TPSA) is 79.5 Å². The number of benzene rings is 1. The molecule has 6 heteroatoms. The van der Waals surface area contributed by atoms with Gasteiger partial charge in [-0.3, -0.25) is 4.28 Å². The molecule has 0 amide bonds. The van der Waals surface area contributed by atoms with Gasteiger partial charge in [-0.1, -0.05) is 35.5 Å². The number of hydrogen-bond donors (Lipinski definition) is 0. The molecule has 0 bridgehead atoms. The fourth-order valence-corrected chi connectivity index (χ4v) is 2.21. The highest BCUT2D eigenvalue weighted by molar-refractivity contribution is 7.85. The summed E-state index contributed by atoms with van der Waals surface area (Å²) in [5, 5.41) is 13.0. The fourth-order valence-electron chi connectivity index (χ4n) is 1.99. The zero-order valence-corrected chi connectivity index (χ0v) is 13.9. The summed E-state index contributed by atoms with van der Waals surface area (Å²) in [6, 6.07) is 8.07. The summed E-state index contributed by atoms with van der Waals surface area (Å²) in [5.41, 5.74) is 4.75. The Hall–Kier alpha value is -2.65. The monoisotopic (exact) mass is 328 g/mol. The Kier molecular flexibility index (Phi) is 4.82. The molecule has 23 heavy (non-hydrogen) atoms. The smallest absolute Gasteiger partial charge is 0.268 e. The maximum absolute atomic E-state index is 10.9. The predicted octanol–water partition coefficient (Wildman–Crippen LogP) is 3.04. The van der Waals surface area contributed by atoms with E-state index in [1.165, 1.54) is 0 Å². The highest BCUT2D eigenvalue weighted by Gasteiger charge is 2.09. The highest BCUT2D eigenvalue weighted by atomic mass is 32.2. The van der Waals surface area contributed by atoms with Gasteiger partial charge in [-0.25, -0.2) is 0 Å². The van der Waals surface area contributed by atoms with Gasteiger partial charge in [0.2, 0.25) is 0 Å². The van der Waals surface area contributed by atoms with Gasteiger partial charge < -0.3 is 0 Å². The van der Waals surface area contributed by atoms with E-state index in [0.29, 0.717) is 11.3 Å². The molecule has 0 saturated heterocycles. The molecule has 1 aromatic rings. The quantitative estimate of drug-likeness (QED) is 0.631. The molecule has 0 spiro atoms. The summed E-state index contributed by atoms with van der Waals surface area (Å²) in [6.07, 6.45) is 7.53. The standard InChI is InChI=1S/C17H16N2O3S/c1-12-4-5-15(10-13(12)2)17(11-18)14-6-8-16(9-7-14)19-22-23(3,20)21/h4-10H,1-3H3. The number of nitriles is 1. The number of oxime groups is 1. The molecule has 118 valence electrons. The van der Waals surface area contributed by atoms with Gasteiger partial charge in [-0.05, 0) is 48.3 Å². The number of nitrogens with zero attached hydrogens (tertiary/aromatic N) is 2. The van der Waals surface area contributed by atoms with Gasteiger partial charge in [0, 0.05) is 0 Å². The van der Waals surface area contributed by atoms with Gasteiger partial charge in [-0.15, -0.1) is 0 Å². The van der Waals surface area contributed by atoms with Crippen molar-refractivity contribution in [2.75, 3.05) is 6.26 Å². The Bertz CT molecular complexity index is 880. The lowest BCUT2D eigenvalue weighted by atomic mass is 9.95. The van der Waals surface area contributed by atoms with Crippen molar-refractivity contribution >= 4 is 21.4 Å². The number of hydrogen-bond acceptors (Lipinski definition) is 5. The van der Waals surface area contributed by atoms with Crippen molar-refractivity contribution in [3.8, 4) is 6.07 Å². The van der Waals surface area contributed by atoms with Crippen LogP contribution in [0.5, 0.6) is 0 Å². The molecular formula is C17H16N2O3S. The third-order valence-corrected chi connectivity index (χ3v) is 3.69. The Balaban J connectivity index is 2.34. The third kappa shape index (κ3) is 4.41. The van der Waals surface area contributed by atoms with Gasteiger partial charge in [0.1, 0.15) is 11.8 Å². The highest BCUT2D eigenvalue weighted by Crippen LogP contribution is 2.24. The van der Waals surface area contributed by atoms with Gasteiger partial charge in [0.25, 0.3) is 0 Å². The van der Waals surface area contributed by atoms with Crippen LogP contribution < -0.4 is 0 Å². The summed E-state index contributed by atoms with van der Waals surface area (Å²) in [7, 11) is -3.63. The number of rotatable bonds is 3. The summed E-state index contributed by atoms with van der Waals surface area (Å²) >= 11 is 0. The van der Waals surface area contributed by atoms with Gasteiger partial charge >= 0.3 is 10.1 Å². The van der Waals surface area contributed by atoms with E-state index < -0.39 is 10.1 Å². The average Bonchev–Trinajstić information content (AvgIpc) is 2.50. The van der Waals surface area contributed by atoms with Crippen molar-refractivity contribution in [3.05, 3.63) is 64.8 Å². The van der Waals surface area contributed by atoms with E-state index in [1.807, 2.05) is 32.0 Å². The Labute approximate surface area is 136 Å². The first-order chi connectivity index (χ1) is 10.8. The molecule has 0 saturated carbocycles. The third-order valence-electron chi connectivity index (χ3n) is 3.34. The van der Waals surface area contributed by atoms with Crippen LogP contribution in [0.15, 0.2) is 53.2 Å². The molecule has 0 aromatic heterocycles. The van der Waals surface area contributed by atoms with E-state index in [1.54, 1.807) is 24.3 Å². The second-order valence-electron chi connectivity index (χ2n) is 5.20. The van der Waals surface area contributed by atoms with E-state index in [9.17, 15) is 13.7 Å². The maximum Gasteiger partial charge on any atom is 0.325 e. The molecule has 5 nitrogen and oxygen atoms in total. The first-order valence-electron chi connectivity index (χ1n) is 6.85. The van der Waals surface area contributed by atoms with Gasteiger partial charge in [0.05, 0.1) is 11.8 Å². The normalized spacial score (nSPS) is 13.7. The minimum atomic E-state index is -3.63. The average molecular weight is 328 g/mol. The largest absolute Gasteiger partial charge is 0.325 e. The predicted molar refractivity (Wildman–Crippen MR) is 90.1 cm³/mol. The molecule has 0 fully saturated rings. The molecular weight excluding hydrogens is 312 g/mol. The minimum Gasteiger partial charge on any atom is -0.268 e. The second kappa shape index (κ2) is 6.63. The summed E-state index contributed by atoms with van der Waals surface area (Å²) in [5.74, 6) is 0. The van der Waals surface area contributed by atoms with E-state index in [-0.39, 0.29) is 0 Å². The van der Waals surface area contributed by atoms with Gasteiger partial charge in [0.15, 0.2) is 0 Å². The van der Waals surface area contributed by atoms with Crippen LogP contribution >= 0.6 is 0 Å². The maximum atomic E-state index is 10.9. The van der Waals surface area contributed by atoms with Crippen molar-refractivity contribution in [1.82, 2.24) is 0 Å². The molecule has 0 radical (unpaired) electrons. The Morgan fingerprint density at radius 3 is 2.30 bits per heavy atom. The molecule has 0 N–H and O–H groups in total. The SMILES string of the molecule is Cc1ccc(C(C#N)=C2C=CC(=NOS(C)(=O)=O)C=C2)cc1C. The summed E-state index contributed by atoms with van der Waals surface area (Å²) in [6.45, 7) is 4.02. The minimum absolute atomic E-state index is 0.358. The number of allylic oxidation sites excluding steroid dienone is 6. The summed E-state index contributed by atoms with van der Waals surface area (Å²) in [4.78, 5) is 0. The zero-order valence-electron chi connectivity index (χ0n) is 13.1. The molecule has 0 aliphatic heterocycles. The van der Waals surface area contributed by atoms with Crippen molar-refractivity contribution in [2.45, 2.75) is 13.8 Å². The first-order valence-corrected chi connectivity index (χ1v) is 8.66. The molecule has 0 atom stereocenters. The Morgan fingerprint density at radius 1 is 1.13 bits per heavy atom. The van der Waals surface area contributed by atoms with Crippen LogP contribution in [0.4, 0.5) is 0 Å². The van der Waals surface area contributed by atoms with E-state index >= 15 is 0 Å². The van der Waals surface area contributed by atoms with Crippen LogP contribution in [0.25, 0.3) is 5.57 Å². The molecule has 0 heterocycles. The fraction of sp³-hybridized carbons (Fsp3) is 0.176. The van der Waals surface area contributed by atoms with Crippen molar-refractivity contribution in [3.63, 3.8) is 0 Å². The van der Waals surface area contributed by atoms with Gasteiger partial charge in [-0.2, -0.15) is 13.7 Å². The van der Waals surface area contributed by atoms with Crippen LogP contribution in [0.1, 0.15) is 16.7 Å². The van der Waals surface area contributed by atoms with E-state index in [4.69, 9.17) is 0 Å². The van der Waals surface area contributed by atoms with Crippen LogP contribution in [-0.2, 0) is 14.4 Å². The molecule has 1 aliphatic rings. The van der Waals surface area contributed by atoms with Crippen molar-refractivity contribution < 1.29 is 12.7 Å². The Morgan fingerprint density at radius 2 is 1.78 bits per heavy atom.